The van der Waals surface area contributed by atoms with Gasteiger partial charge < -0.3 is 9.15 Å². The maximum Gasteiger partial charge on any atom is 0.347 e. The second kappa shape index (κ2) is 1.25. The van der Waals surface area contributed by atoms with Crippen LogP contribution in [0.25, 0.3) is 11.2 Å². The number of carbonyl (C=O) groups excluding carboxylic acids is 1. The fourth-order valence-corrected chi connectivity index (χ4v) is 1.45. The zero-order valence-electron chi connectivity index (χ0n) is 5.80. The monoisotopic (exact) mass is 148 g/mol. The highest BCUT2D eigenvalue weighted by Crippen LogP contribution is 2.42. The van der Waals surface area contributed by atoms with E-state index < -0.39 is 0 Å². The van der Waals surface area contributed by atoms with Gasteiger partial charge in [0.2, 0.25) is 0 Å². The SMILES string of the molecule is Cc1c2c3oc1cc3C(=O)O2. The number of esters is 1. The van der Waals surface area contributed by atoms with Gasteiger partial charge in [0.25, 0.3) is 0 Å². The maximum absolute atomic E-state index is 11.0. The van der Waals surface area contributed by atoms with E-state index in [1.807, 2.05) is 6.92 Å². The van der Waals surface area contributed by atoms with Crippen LogP contribution in [0.15, 0.2) is 10.5 Å². The van der Waals surface area contributed by atoms with Gasteiger partial charge in [-0.1, -0.05) is 0 Å². The van der Waals surface area contributed by atoms with E-state index in [1.165, 1.54) is 0 Å². The van der Waals surface area contributed by atoms with Gasteiger partial charge in [0.05, 0.1) is 0 Å². The second-order valence-electron chi connectivity index (χ2n) is 2.70. The summed E-state index contributed by atoms with van der Waals surface area (Å²) in [5, 5.41) is 0. The molecule has 0 aliphatic carbocycles. The van der Waals surface area contributed by atoms with Crippen molar-refractivity contribution in [3.05, 3.63) is 17.2 Å². The number of aryl methyl sites for hydroxylation is 1. The van der Waals surface area contributed by atoms with Crippen molar-refractivity contribution in [2.75, 3.05) is 0 Å². The first-order valence-corrected chi connectivity index (χ1v) is 3.35. The average molecular weight is 148 g/mol. The summed E-state index contributed by atoms with van der Waals surface area (Å²) >= 11 is 0. The quantitative estimate of drug-likeness (QED) is 0.534. The molecule has 0 saturated heterocycles. The molecule has 2 aromatic rings. The maximum atomic E-state index is 11.0. The Morgan fingerprint density at radius 2 is 2.27 bits per heavy atom. The largest absolute Gasteiger partial charge is 0.452 e. The molecule has 0 atom stereocenters. The number of ether oxygens (including phenoxy) is 1. The molecule has 1 aliphatic rings. The van der Waals surface area contributed by atoms with Crippen LogP contribution in [0.2, 0.25) is 0 Å². The van der Waals surface area contributed by atoms with Crippen molar-refractivity contribution in [3.63, 3.8) is 0 Å². The molecule has 54 valence electrons. The molecule has 1 aliphatic heterocycles. The summed E-state index contributed by atoms with van der Waals surface area (Å²) in [6, 6.07) is 1.73. The molecule has 0 radical (unpaired) electrons. The normalized spacial score (nSPS) is 14.8. The van der Waals surface area contributed by atoms with Crippen LogP contribution >= 0.6 is 0 Å². The van der Waals surface area contributed by atoms with Crippen molar-refractivity contribution in [2.45, 2.75) is 6.92 Å². The molecule has 3 nitrogen and oxygen atoms in total. The highest BCUT2D eigenvalue weighted by molar-refractivity contribution is 6.08. The second-order valence-corrected chi connectivity index (χ2v) is 2.70. The molecule has 3 heteroatoms. The first kappa shape index (κ1) is 5.18. The molecule has 0 N–H and O–H groups in total. The van der Waals surface area contributed by atoms with Crippen LogP contribution in [0.4, 0.5) is 0 Å². The minimum absolute atomic E-state index is 0.290. The van der Waals surface area contributed by atoms with E-state index in [-0.39, 0.29) is 5.97 Å². The smallest absolute Gasteiger partial charge is 0.347 e. The van der Waals surface area contributed by atoms with Crippen molar-refractivity contribution < 1.29 is 13.9 Å². The first-order valence-electron chi connectivity index (χ1n) is 3.35. The fraction of sp³-hybridized carbons (Fsp3) is 0.125. The molecule has 11 heavy (non-hydrogen) atoms. The summed E-state index contributed by atoms with van der Waals surface area (Å²) in [6.45, 7) is 1.88. The number of hydrogen-bond donors (Lipinski definition) is 0. The summed E-state index contributed by atoms with van der Waals surface area (Å²) in [5.74, 6) is 0.323. The van der Waals surface area contributed by atoms with Gasteiger partial charge in [0.15, 0.2) is 11.3 Å². The van der Waals surface area contributed by atoms with Gasteiger partial charge in [0.1, 0.15) is 11.1 Å². The van der Waals surface area contributed by atoms with Crippen molar-refractivity contribution in [3.8, 4) is 5.75 Å². The van der Waals surface area contributed by atoms with Gasteiger partial charge >= 0.3 is 5.97 Å². The summed E-state index contributed by atoms with van der Waals surface area (Å²) < 4.78 is 10.2. The van der Waals surface area contributed by atoms with Crippen molar-refractivity contribution >= 4 is 17.1 Å². The van der Waals surface area contributed by atoms with Gasteiger partial charge in [-0.05, 0) is 13.0 Å². The lowest BCUT2D eigenvalue weighted by atomic mass is 10.2. The van der Waals surface area contributed by atoms with E-state index in [1.54, 1.807) is 6.07 Å². The van der Waals surface area contributed by atoms with Gasteiger partial charge in [0, 0.05) is 5.56 Å². The third-order valence-electron chi connectivity index (χ3n) is 2.06. The molecule has 2 bridgehead atoms. The fourth-order valence-electron chi connectivity index (χ4n) is 1.45. The molecule has 0 unspecified atom stereocenters. The van der Waals surface area contributed by atoms with Gasteiger partial charge in [-0.15, -0.1) is 0 Å². The standard InChI is InChI=1S/C8H4O3/c1-3-5-2-4-7(10-5)6(3)11-8(4)9/h2H,1H3. The number of carbonyl (C=O) groups is 1. The molecule has 0 amide bonds. The molecular formula is C8H4O3. The van der Waals surface area contributed by atoms with E-state index in [0.717, 1.165) is 11.1 Å². The van der Waals surface area contributed by atoms with Gasteiger partial charge in [-0.25, -0.2) is 4.79 Å². The summed E-state index contributed by atoms with van der Waals surface area (Å²) in [5.41, 5.74) is 2.87. The Labute approximate surface area is 61.9 Å². The Morgan fingerprint density at radius 3 is 2.91 bits per heavy atom. The Hall–Kier alpha value is -1.51. The average Bonchev–Trinajstić information content (AvgIpc) is 2.53. The van der Waals surface area contributed by atoms with Crippen molar-refractivity contribution in [1.29, 1.82) is 0 Å². The van der Waals surface area contributed by atoms with Crippen LogP contribution in [-0.2, 0) is 0 Å². The van der Waals surface area contributed by atoms with Crippen molar-refractivity contribution in [1.82, 2.24) is 0 Å². The predicted octanol–water partition coefficient (Wildman–Crippen LogP) is 1.71. The Bertz CT molecular complexity index is 452. The minimum Gasteiger partial charge on any atom is -0.452 e. The number of rotatable bonds is 0. The molecular weight excluding hydrogens is 144 g/mol. The lowest BCUT2D eigenvalue weighted by Gasteiger charge is -1.89. The summed E-state index contributed by atoms with van der Waals surface area (Å²) in [7, 11) is 0. The number of fused-ring (bicyclic) bond motifs is 1. The van der Waals surface area contributed by atoms with Crippen LogP contribution in [0.5, 0.6) is 5.75 Å². The van der Waals surface area contributed by atoms with Gasteiger partial charge in [-0.2, -0.15) is 0 Å². The van der Waals surface area contributed by atoms with Crippen LogP contribution in [-0.4, -0.2) is 5.97 Å². The Balaban J connectivity index is 2.60. The third kappa shape index (κ3) is 0.385. The molecule has 0 aromatic carbocycles. The predicted molar refractivity (Wildman–Crippen MR) is 37.1 cm³/mol. The van der Waals surface area contributed by atoms with Crippen LogP contribution in [0.3, 0.4) is 0 Å². The lowest BCUT2D eigenvalue weighted by molar-refractivity contribution is 0.0754. The Kier molecular flexibility index (Phi) is 0.591. The molecule has 3 rings (SSSR count). The van der Waals surface area contributed by atoms with Gasteiger partial charge in [-0.3, -0.25) is 0 Å². The minimum atomic E-state index is -0.290. The summed E-state index contributed by atoms with van der Waals surface area (Å²) in [6.07, 6.45) is 0. The highest BCUT2D eigenvalue weighted by Gasteiger charge is 2.32. The molecule has 0 saturated carbocycles. The molecule has 0 spiro atoms. The first-order chi connectivity index (χ1) is 5.27. The molecule has 3 heterocycles. The topological polar surface area (TPSA) is 39.4 Å². The number of furan rings is 2. The van der Waals surface area contributed by atoms with E-state index in [0.29, 0.717) is 16.9 Å². The van der Waals surface area contributed by atoms with Crippen LogP contribution in [0, 0.1) is 6.92 Å². The Morgan fingerprint density at radius 1 is 1.45 bits per heavy atom. The van der Waals surface area contributed by atoms with E-state index >= 15 is 0 Å². The number of benzene rings is 1. The third-order valence-corrected chi connectivity index (χ3v) is 2.06. The van der Waals surface area contributed by atoms with E-state index in [2.05, 4.69) is 0 Å². The number of hydrogen-bond acceptors (Lipinski definition) is 3. The molecule has 0 fully saturated rings. The zero-order valence-corrected chi connectivity index (χ0v) is 5.80. The molecule has 2 aromatic heterocycles. The van der Waals surface area contributed by atoms with Crippen molar-refractivity contribution in [2.24, 2.45) is 0 Å². The van der Waals surface area contributed by atoms with E-state index in [4.69, 9.17) is 9.15 Å². The van der Waals surface area contributed by atoms with Crippen LogP contribution < -0.4 is 4.74 Å². The van der Waals surface area contributed by atoms with Crippen LogP contribution in [0.1, 0.15) is 15.9 Å². The summed E-state index contributed by atoms with van der Waals surface area (Å²) in [4.78, 5) is 11.0. The zero-order chi connectivity index (χ0) is 7.59. The highest BCUT2D eigenvalue weighted by atomic mass is 16.6. The lowest BCUT2D eigenvalue weighted by Crippen LogP contribution is -1.99. The van der Waals surface area contributed by atoms with E-state index in [9.17, 15) is 4.79 Å².